The first-order chi connectivity index (χ1) is 9.93. The second kappa shape index (κ2) is 6.45. The molecule has 0 aromatic rings. The summed E-state index contributed by atoms with van der Waals surface area (Å²) in [6.45, 7) is 1.21. The van der Waals surface area contributed by atoms with Gasteiger partial charge in [-0.15, -0.1) is 0 Å². The highest BCUT2D eigenvalue weighted by Gasteiger charge is 2.44. The number of hydrogen-bond donors (Lipinski definition) is 2. The number of primary amides is 1. The van der Waals surface area contributed by atoms with Crippen molar-refractivity contribution < 1.29 is 19.5 Å². The Labute approximate surface area is 124 Å². The molecule has 0 unspecified atom stereocenters. The van der Waals surface area contributed by atoms with Gasteiger partial charge in [0.2, 0.25) is 11.8 Å². The minimum absolute atomic E-state index is 0.0585. The number of piperidine rings is 1. The summed E-state index contributed by atoms with van der Waals surface area (Å²) in [5.74, 6) is -0.934. The molecule has 1 heterocycles. The molecule has 2 amide bonds. The monoisotopic (exact) mass is 296 g/mol. The molecule has 2 fully saturated rings. The van der Waals surface area contributed by atoms with Crippen LogP contribution in [0.15, 0.2) is 0 Å². The van der Waals surface area contributed by atoms with E-state index in [9.17, 15) is 19.5 Å². The lowest BCUT2D eigenvalue weighted by Crippen LogP contribution is -2.42. The number of carbonyl (C=O) groups excluding carboxylic acids is 2. The number of amides is 2. The van der Waals surface area contributed by atoms with E-state index in [0.29, 0.717) is 32.4 Å². The summed E-state index contributed by atoms with van der Waals surface area (Å²) in [5.41, 5.74) is 4.35. The molecular formula is C15H24N2O4. The van der Waals surface area contributed by atoms with Gasteiger partial charge in [0, 0.05) is 25.9 Å². The molecule has 2 rings (SSSR count). The van der Waals surface area contributed by atoms with Crippen LogP contribution in [-0.2, 0) is 14.4 Å². The zero-order chi connectivity index (χ0) is 15.5. The van der Waals surface area contributed by atoms with Gasteiger partial charge in [0.15, 0.2) is 0 Å². The number of carboxylic acids is 1. The van der Waals surface area contributed by atoms with Crippen molar-refractivity contribution in [3.05, 3.63) is 0 Å². The van der Waals surface area contributed by atoms with Crippen LogP contribution in [0.4, 0.5) is 0 Å². The summed E-state index contributed by atoms with van der Waals surface area (Å²) in [6, 6.07) is 0. The van der Waals surface area contributed by atoms with E-state index >= 15 is 0 Å². The average Bonchev–Trinajstić information content (AvgIpc) is 2.88. The fourth-order valence-corrected chi connectivity index (χ4v) is 3.59. The van der Waals surface area contributed by atoms with Crippen LogP contribution in [0.2, 0.25) is 0 Å². The lowest BCUT2D eigenvalue weighted by atomic mass is 9.82. The fourth-order valence-electron chi connectivity index (χ4n) is 3.59. The van der Waals surface area contributed by atoms with Crippen LogP contribution >= 0.6 is 0 Å². The van der Waals surface area contributed by atoms with E-state index in [1.165, 1.54) is 0 Å². The number of hydrogen-bond acceptors (Lipinski definition) is 3. The normalized spacial score (nSPS) is 22.2. The third-order valence-corrected chi connectivity index (χ3v) is 4.96. The van der Waals surface area contributed by atoms with Gasteiger partial charge in [0.25, 0.3) is 0 Å². The number of likely N-dealkylation sites (tertiary alicyclic amines) is 1. The Kier molecular flexibility index (Phi) is 4.85. The maximum Gasteiger partial charge on any atom is 0.310 e. The molecule has 0 atom stereocenters. The maximum atomic E-state index is 12.4. The van der Waals surface area contributed by atoms with Gasteiger partial charge in [-0.25, -0.2) is 0 Å². The third kappa shape index (κ3) is 3.74. The molecule has 6 heteroatoms. The van der Waals surface area contributed by atoms with Crippen molar-refractivity contribution >= 4 is 17.8 Å². The molecule has 6 nitrogen and oxygen atoms in total. The second-order valence-corrected chi connectivity index (χ2v) is 6.46. The molecule has 1 saturated heterocycles. The maximum absolute atomic E-state index is 12.4. The van der Waals surface area contributed by atoms with E-state index < -0.39 is 11.4 Å². The van der Waals surface area contributed by atoms with Gasteiger partial charge in [-0.3, -0.25) is 14.4 Å². The highest BCUT2D eigenvalue weighted by atomic mass is 16.4. The molecule has 1 aliphatic heterocycles. The van der Waals surface area contributed by atoms with E-state index in [1.807, 2.05) is 0 Å². The van der Waals surface area contributed by atoms with Crippen LogP contribution in [0.5, 0.6) is 0 Å². The number of nitrogens with zero attached hydrogens (tertiary/aromatic N) is 1. The van der Waals surface area contributed by atoms with Crippen LogP contribution in [0.3, 0.4) is 0 Å². The van der Waals surface area contributed by atoms with Crippen molar-refractivity contribution in [2.24, 2.45) is 17.1 Å². The number of rotatable bonds is 5. The summed E-state index contributed by atoms with van der Waals surface area (Å²) < 4.78 is 0. The number of aliphatic carboxylic acids is 1. The van der Waals surface area contributed by atoms with Gasteiger partial charge in [0.05, 0.1) is 5.41 Å². The van der Waals surface area contributed by atoms with Crippen LogP contribution in [0, 0.1) is 11.3 Å². The van der Waals surface area contributed by atoms with Crippen molar-refractivity contribution in [1.82, 2.24) is 4.90 Å². The second-order valence-electron chi connectivity index (χ2n) is 6.46. The highest BCUT2D eigenvalue weighted by molar-refractivity contribution is 5.85. The standard InChI is InChI=1S/C15H24N2O4/c16-12(18)9-11-3-7-17(8-4-11)13(19)10-15(14(20)21)5-1-2-6-15/h11H,1-10H2,(H2,16,18)(H,20,21). The highest BCUT2D eigenvalue weighted by Crippen LogP contribution is 2.42. The SMILES string of the molecule is NC(=O)CC1CCN(C(=O)CC2(C(=O)O)CCCC2)CC1. The van der Waals surface area contributed by atoms with E-state index in [-0.39, 0.29) is 24.2 Å². The van der Waals surface area contributed by atoms with Gasteiger partial charge in [-0.2, -0.15) is 0 Å². The van der Waals surface area contributed by atoms with Gasteiger partial charge < -0.3 is 15.7 Å². The summed E-state index contributed by atoms with van der Waals surface area (Å²) >= 11 is 0. The fraction of sp³-hybridized carbons (Fsp3) is 0.800. The lowest BCUT2D eigenvalue weighted by Gasteiger charge is -2.34. The molecule has 1 aliphatic carbocycles. The predicted octanol–water partition coefficient (Wildman–Crippen LogP) is 1.14. The van der Waals surface area contributed by atoms with Gasteiger partial charge in [-0.1, -0.05) is 12.8 Å². The minimum Gasteiger partial charge on any atom is -0.481 e. The summed E-state index contributed by atoms with van der Waals surface area (Å²) in [5, 5.41) is 9.43. The van der Waals surface area contributed by atoms with Crippen LogP contribution < -0.4 is 5.73 Å². The van der Waals surface area contributed by atoms with Crippen LogP contribution in [0.25, 0.3) is 0 Å². The van der Waals surface area contributed by atoms with Gasteiger partial charge >= 0.3 is 5.97 Å². The zero-order valence-corrected chi connectivity index (χ0v) is 12.3. The first-order valence-electron chi connectivity index (χ1n) is 7.72. The smallest absolute Gasteiger partial charge is 0.310 e. The summed E-state index contributed by atoms with van der Waals surface area (Å²) in [6.07, 6.45) is 5.02. The number of carboxylic acid groups (broad SMARTS) is 1. The Morgan fingerprint density at radius 2 is 1.71 bits per heavy atom. The molecule has 2 aliphatic rings. The molecule has 1 saturated carbocycles. The van der Waals surface area contributed by atoms with Crippen molar-refractivity contribution in [2.75, 3.05) is 13.1 Å². The molecule has 3 N–H and O–H groups in total. The number of nitrogens with two attached hydrogens (primary N) is 1. The Bertz CT molecular complexity index is 421. The van der Waals surface area contributed by atoms with E-state index in [1.54, 1.807) is 4.90 Å². The Balaban J connectivity index is 1.87. The Hall–Kier alpha value is -1.59. The van der Waals surface area contributed by atoms with E-state index in [4.69, 9.17) is 5.73 Å². The first-order valence-corrected chi connectivity index (χ1v) is 7.72. The average molecular weight is 296 g/mol. The third-order valence-electron chi connectivity index (χ3n) is 4.96. The largest absolute Gasteiger partial charge is 0.481 e. The van der Waals surface area contributed by atoms with E-state index in [2.05, 4.69) is 0 Å². The molecule has 118 valence electrons. The van der Waals surface area contributed by atoms with Crippen LogP contribution in [0.1, 0.15) is 51.4 Å². The van der Waals surface area contributed by atoms with Crippen molar-refractivity contribution in [3.63, 3.8) is 0 Å². The Morgan fingerprint density at radius 3 is 2.19 bits per heavy atom. The first kappa shape index (κ1) is 15.8. The lowest BCUT2D eigenvalue weighted by molar-refractivity contribution is -0.153. The molecular weight excluding hydrogens is 272 g/mol. The molecule has 0 aromatic carbocycles. The van der Waals surface area contributed by atoms with Gasteiger partial charge in [-0.05, 0) is 31.6 Å². The quantitative estimate of drug-likeness (QED) is 0.794. The summed E-state index contributed by atoms with van der Waals surface area (Å²) in [7, 11) is 0. The minimum atomic E-state index is -0.846. The van der Waals surface area contributed by atoms with E-state index in [0.717, 1.165) is 25.7 Å². The summed E-state index contributed by atoms with van der Waals surface area (Å²) in [4.78, 5) is 36.5. The molecule has 21 heavy (non-hydrogen) atoms. The van der Waals surface area contributed by atoms with Crippen molar-refractivity contribution in [2.45, 2.75) is 51.4 Å². The predicted molar refractivity (Wildman–Crippen MR) is 76.3 cm³/mol. The molecule has 0 bridgehead atoms. The Morgan fingerprint density at radius 1 is 1.14 bits per heavy atom. The van der Waals surface area contributed by atoms with Gasteiger partial charge in [0.1, 0.15) is 0 Å². The number of carbonyl (C=O) groups is 3. The van der Waals surface area contributed by atoms with Crippen LogP contribution in [-0.4, -0.2) is 40.9 Å². The zero-order valence-electron chi connectivity index (χ0n) is 12.3. The van der Waals surface area contributed by atoms with Crippen molar-refractivity contribution in [1.29, 1.82) is 0 Å². The molecule has 0 radical (unpaired) electrons. The topological polar surface area (TPSA) is 101 Å². The molecule has 0 spiro atoms. The van der Waals surface area contributed by atoms with Crippen molar-refractivity contribution in [3.8, 4) is 0 Å². The molecule has 0 aromatic heterocycles.